The number of rotatable bonds is 3. The molecule has 0 fully saturated rings. The van der Waals surface area contributed by atoms with E-state index in [4.69, 9.17) is 5.73 Å². The molecule has 2 rings (SSSR count). The monoisotopic (exact) mass is 243 g/mol. The Morgan fingerprint density at radius 1 is 1.22 bits per heavy atom. The molecular formula is C12H9N3O3. The third kappa shape index (κ3) is 2.03. The van der Waals surface area contributed by atoms with Gasteiger partial charge in [0.05, 0.1) is 4.92 Å². The summed E-state index contributed by atoms with van der Waals surface area (Å²) in [7, 11) is 0. The molecule has 2 aromatic rings. The van der Waals surface area contributed by atoms with Gasteiger partial charge in [-0.1, -0.05) is 30.3 Å². The van der Waals surface area contributed by atoms with Gasteiger partial charge in [0, 0.05) is 11.8 Å². The molecule has 0 bridgehead atoms. The number of carbonyl (C=O) groups is 1. The Balaban J connectivity index is 2.72. The third-order valence-electron chi connectivity index (χ3n) is 2.42. The van der Waals surface area contributed by atoms with Crippen LogP contribution in [-0.4, -0.2) is 15.8 Å². The first kappa shape index (κ1) is 11.7. The minimum Gasteiger partial charge on any atom is -0.365 e. The van der Waals surface area contributed by atoms with E-state index >= 15 is 0 Å². The van der Waals surface area contributed by atoms with Crippen LogP contribution in [0.2, 0.25) is 0 Å². The van der Waals surface area contributed by atoms with Gasteiger partial charge in [-0.05, 0) is 6.07 Å². The number of pyridine rings is 1. The van der Waals surface area contributed by atoms with Gasteiger partial charge in [0.1, 0.15) is 11.3 Å². The highest BCUT2D eigenvalue weighted by atomic mass is 16.6. The van der Waals surface area contributed by atoms with E-state index in [-0.39, 0.29) is 16.9 Å². The van der Waals surface area contributed by atoms with Gasteiger partial charge in [0.25, 0.3) is 5.91 Å². The third-order valence-corrected chi connectivity index (χ3v) is 2.42. The van der Waals surface area contributed by atoms with Crippen molar-refractivity contribution in [2.75, 3.05) is 0 Å². The number of hydrogen-bond donors (Lipinski definition) is 1. The van der Waals surface area contributed by atoms with Gasteiger partial charge in [-0.25, -0.2) is 4.98 Å². The summed E-state index contributed by atoms with van der Waals surface area (Å²) in [5.41, 5.74) is 5.32. The summed E-state index contributed by atoms with van der Waals surface area (Å²) < 4.78 is 0. The van der Waals surface area contributed by atoms with E-state index in [9.17, 15) is 14.9 Å². The van der Waals surface area contributed by atoms with Crippen molar-refractivity contribution in [3.05, 3.63) is 58.3 Å². The van der Waals surface area contributed by atoms with Crippen molar-refractivity contribution in [2.45, 2.75) is 0 Å². The van der Waals surface area contributed by atoms with Crippen LogP contribution >= 0.6 is 0 Å². The fraction of sp³-hybridized carbons (Fsp3) is 0. The fourth-order valence-corrected chi connectivity index (χ4v) is 1.64. The van der Waals surface area contributed by atoms with Crippen LogP contribution in [0.3, 0.4) is 0 Å². The lowest BCUT2D eigenvalue weighted by Gasteiger charge is -2.04. The molecule has 0 spiro atoms. The summed E-state index contributed by atoms with van der Waals surface area (Å²) >= 11 is 0. The highest BCUT2D eigenvalue weighted by Crippen LogP contribution is 2.30. The molecule has 1 heterocycles. The maximum absolute atomic E-state index is 11.2. The van der Waals surface area contributed by atoms with Crippen molar-refractivity contribution >= 4 is 11.6 Å². The normalized spacial score (nSPS) is 10.0. The smallest absolute Gasteiger partial charge is 0.308 e. The molecule has 6 heteroatoms. The number of nitrogens with zero attached hydrogens (tertiary/aromatic N) is 2. The molecule has 0 aliphatic heterocycles. The molecule has 90 valence electrons. The summed E-state index contributed by atoms with van der Waals surface area (Å²) in [6.45, 7) is 0. The predicted octanol–water partition coefficient (Wildman–Crippen LogP) is 1.76. The van der Waals surface area contributed by atoms with E-state index in [0.717, 1.165) is 0 Å². The summed E-state index contributed by atoms with van der Waals surface area (Å²) in [5, 5.41) is 11.1. The minimum absolute atomic E-state index is 0.136. The molecule has 6 nitrogen and oxygen atoms in total. The van der Waals surface area contributed by atoms with E-state index in [1.54, 1.807) is 30.3 Å². The molecule has 1 amide bonds. The molecule has 0 unspecified atom stereocenters. The van der Waals surface area contributed by atoms with Gasteiger partial charge >= 0.3 is 5.69 Å². The lowest BCUT2D eigenvalue weighted by Crippen LogP contribution is -2.14. The number of amides is 1. The second-order valence-corrected chi connectivity index (χ2v) is 3.54. The summed E-state index contributed by atoms with van der Waals surface area (Å²) in [6.07, 6.45) is 1.33. The number of benzene rings is 1. The SMILES string of the molecule is NC(=O)c1ccnc(-c2ccccc2)c1[N+](=O)[O-]. The van der Waals surface area contributed by atoms with Gasteiger partial charge < -0.3 is 5.73 Å². The number of primary amides is 1. The maximum Gasteiger partial charge on any atom is 0.308 e. The number of nitrogens with two attached hydrogens (primary N) is 1. The van der Waals surface area contributed by atoms with Crippen LogP contribution in [-0.2, 0) is 0 Å². The first-order valence-electron chi connectivity index (χ1n) is 5.10. The molecule has 0 saturated carbocycles. The van der Waals surface area contributed by atoms with Gasteiger partial charge in [0.15, 0.2) is 0 Å². The van der Waals surface area contributed by atoms with Crippen LogP contribution < -0.4 is 5.73 Å². The van der Waals surface area contributed by atoms with E-state index in [0.29, 0.717) is 5.56 Å². The standard InChI is InChI=1S/C12H9N3O3/c13-12(16)9-6-7-14-10(11(9)15(17)18)8-4-2-1-3-5-8/h1-7H,(H2,13,16). The molecule has 18 heavy (non-hydrogen) atoms. The molecule has 0 saturated heterocycles. The predicted molar refractivity (Wildman–Crippen MR) is 64.8 cm³/mol. The van der Waals surface area contributed by atoms with E-state index < -0.39 is 10.8 Å². The topological polar surface area (TPSA) is 99.1 Å². The van der Waals surface area contributed by atoms with Gasteiger partial charge in [-0.2, -0.15) is 0 Å². The van der Waals surface area contributed by atoms with Crippen LogP contribution in [0.5, 0.6) is 0 Å². The van der Waals surface area contributed by atoms with Crippen LogP contribution in [0.4, 0.5) is 5.69 Å². The lowest BCUT2D eigenvalue weighted by atomic mass is 10.1. The Morgan fingerprint density at radius 3 is 2.44 bits per heavy atom. The second kappa shape index (κ2) is 4.62. The first-order valence-corrected chi connectivity index (χ1v) is 5.10. The van der Waals surface area contributed by atoms with Crippen molar-refractivity contribution in [3.8, 4) is 11.3 Å². The minimum atomic E-state index is -0.846. The molecule has 1 aromatic carbocycles. The number of nitro groups is 1. The Bertz CT molecular complexity index is 611. The van der Waals surface area contributed by atoms with Crippen molar-refractivity contribution in [2.24, 2.45) is 5.73 Å². The molecule has 1 aromatic heterocycles. The molecule has 0 radical (unpaired) electrons. The largest absolute Gasteiger partial charge is 0.365 e. The molecule has 0 atom stereocenters. The molecule has 0 aliphatic carbocycles. The lowest BCUT2D eigenvalue weighted by molar-refractivity contribution is -0.384. The summed E-state index contributed by atoms with van der Waals surface area (Å²) in [5.74, 6) is -0.846. The number of hydrogen-bond acceptors (Lipinski definition) is 4. The Labute approximate surface area is 102 Å². The zero-order valence-electron chi connectivity index (χ0n) is 9.24. The average molecular weight is 243 g/mol. The summed E-state index contributed by atoms with van der Waals surface area (Å²) in [4.78, 5) is 25.6. The van der Waals surface area contributed by atoms with Crippen LogP contribution in [0.1, 0.15) is 10.4 Å². The Hall–Kier alpha value is -2.76. The van der Waals surface area contributed by atoms with Gasteiger partial charge in [0.2, 0.25) is 0 Å². The van der Waals surface area contributed by atoms with E-state index in [1.165, 1.54) is 12.3 Å². The quantitative estimate of drug-likeness (QED) is 0.655. The zero-order chi connectivity index (χ0) is 13.1. The Morgan fingerprint density at radius 2 is 1.89 bits per heavy atom. The van der Waals surface area contributed by atoms with Crippen LogP contribution in [0.15, 0.2) is 42.6 Å². The molecule has 0 aliphatic rings. The fourth-order valence-electron chi connectivity index (χ4n) is 1.64. The number of carbonyl (C=O) groups excluding carboxylic acids is 1. The zero-order valence-corrected chi connectivity index (χ0v) is 9.24. The maximum atomic E-state index is 11.2. The average Bonchev–Trinajstić information content (AvgIpc) is 2.38. The van der Waals surface area contributed by atoms with Crippen molar-refractivity contribution in [1.29, 1.82) is 0 Å². The highest BCUT2D eigenvalue weighted by Gasteiger charge is 2.24. The highest BCUT2D eigenvalue weighted by molar-refractivity contribution is 5.99. The first-order chi connectivity index (χ1) is 8.61. The van der Waals surface area contributed by atoms with Gasteiger partial charge in [-0.15, -0.1) is 0 Å². The van der Waals surface area contributed by atoms with Crippen molar-refractivity contribution in [1.82, 2.24) is 4.98 Å². The summed E-state index contributed by atoms with van der Waals surface area (Å²) in [6, 6.07) is 9.86. The molecule has 2 N–H and O–H groups in total. The van der Waals surface area contributed by atoms with Crippen LogP contribution in [0, 0.1) is 10.1 Å². The van der Waals surface area contributed by atoms with E-state index in [1.807, 2.05) is 0 Å². The Kier molecular flexibility index (Phi) is 3.01. The van der Waals surface area contributed by atoms with Crippen molar-refractivity contribution in [3.63, 3.8) is 0 Å². The second-order valence-electron chi connectivity index (χ2n) is 3.54. The van der Waals surface area contributed by atoms with Gasteiger partial charge in [-0.3, -0.25) is 14.9 Å². The molecular weight excluding hydrogens is 234 g/mol. The van der Waals surface area contributed by atoms with Crippen molar-refractivity contribution < 1.29 is 9.72 Å². The van der Waals surface area contributed by atoms with Crippen LogP contribution in [0.25, 0.3) is 11.3 Å². The van der Waals surface area contributed by atoms with E-state index in [2.05, 4.69) is 4.98 Å². The number of aromatic nitrogens is 1.